The van der Waals surface area contributed by atoms with Crippen molar-refractivity contribution < 1.29 is 9.42 Å². The molecule has 0 aliphatic heterocycles. The van der Waals surface area contributed by atoms with E-state index in [0.717, 1.165) is 5.56 Å². The zero-order valence-electron chi connectivity index (χ0n) is 14.5. The Morgan fingerprint density at radius 1 is 1.37 bits per heavy atom. The van der Waals surface area contributed by atoms with Gasteiger partial charge in [0.1, 0.15) is 0 Å². The molecule has 27 heavy (non-hydrogen) atoms. The van der Waals surface area contributed by atoms with Crippen LogP contribution in [0.1, 0.15) is 21.7 Å². The third kappa shape index (κ3) is 4.27. The van der Waals surface area contributed by atoms with Gasteiger partial charge in [-0.05, 0) is 42.1 Å². The molecule has 3 N–H and O–H groups in total. The summed E-state index contributed by atoms with van der Waals surface area (Å²) >= 11 is 5.83. The van der Waals surface area contributed by atoms with E-state index in [9.17, 15) is 4.79 Å². The highest BCUT2D eigenvalue weighted by Gasteiger charge is 2.24. The monoisotopic (exact) mass is 389 g/mol. The number of hydrogen-bond donors (Lipinski definition) is 2. The van der Waals surface area contributed by atoms with Crippen LogP contribution in [0.5, 0.6) is 0 Å². The molecule has 1 amide bonds. The van der Waals surface area contributed by atoms with E-state index >= 15 is 0 Å². The topological polar surface area (TPSA) is 140 Å². The summed E-state index contributed by atoms with van der Waals surface area (Å²) in [6.07, 6.45) is 1.49. The molecule has 0 spiro atoms. The maximum Gasteiger partial charge on any atom is 0.293 e. The van der Waals surface area contributed by atoms with E-state index in [-0.39, 0.29) is 17.3 Å². The second kappa shape index (κ2) is 7.93. The second-order valence-corrected chi connectivity index (χ2v) is 6.19. The van der Waals surface area contributed by atoms with E-state index in [0.29, 0.717) is 17.3 Å². The van der Waals surface area contributed by atoms with Crippen LogP contribution in [0.3, 0.4) is 0 Å². The molecule has 0 atom stereocenters. The van der Waals surface area contributed by atoms with Crippen LogP contribution in [0.4, 0.5) is 5.82 Å². The third-order valence-corrected chi connectivity index (χ3v) is 3.64. The van der Waals surface area contributed by atoms with Crippen molar-refractivity contribution in [1.82, 2.24) is 35.6 Å². The molecule has 0 aliphatic rings. The molecule has 0 bridgehead atoms. The fourth-order valence-corrected chi connectivity index (χ4v) is 2.32. The first-order chi connectivity index (χ1) is 13.0. The molecule has 3 rings (SSSR count). The van der Waals surface area contributed by atoms with Crippen LogP contribution in [0.2, 0.25) is 5.02 Å². The minimum atomic E-state index is -0.529. The minimum Gasteiger partial charge on any atom is -0.378 e. The van der Waals surface area contributed by atoms with Gasteiger partial charge in [-0.15, -0.1) is 5.10 Å². The van der Waals surface area contributed by atoms with Crippen molar-refractivity contribution in [3.63, 3.8) is 0 Å². The van der Waals surface area contributed by atoms with E-state index < -0.39 is 5.91 Å². The molecule has 3 aromatic rings. The molecule has 1 aromatic carbocycles. The van der Waals surface area contributed by atoms with Gasteiger partial charge in [-0.3, -0.25) is 4.79 Å². The molecule has 2 aromatic heterocycles. The number of amides is 1. The standard InChI is InChI=1S/C15H16ClN9O2/c1-24(2)8-11-12(19-23-25(11)14-13(17)21-27-22-14)15(26)20-18-7-9-3-5-10(16)6-4-9/h3-7H,8H2,1-2H3,(H2,17,21)(H,20,26)/b18-7+. The lowest BCUT2D eigenvalue weighted by Gasteiger charge is -2.11. The average molecular weight is 390 g/mol. The van der Waals surface area contributed by atoms with Crippen LogP contribution < -0.4 is 11.2 Å². The first-order valence-corrected chi connectivity index (χ1v) is 8.10. The number of nitrogens with one attached hydrogen (secondary N) is 1. The number of benzene rings is 1. The summed E-state index contributed by atoms with van der Waals surface area (Å²) in [5.74, 6) is -0.339. The van der Waals surface area contributed by atoms with Gasteiger partial charge in [0.05, 0.1) is 11.9 Å². The minimum absolute atomic E-state index is 0.0348. The predicted octanol–water partition coefficient (Wildman–Crippen LogP) is 0.711. The Morgan fingerprint density at radius 2 is 2.11 bits per heavy atom. The van der Waals surface area contributed by atoms with Gasteiger partial charge in [0, 0.05) is 11.6 Å². The number of carbonyl (C=O) groups is 1. The van der Waals surface area contributed by atoms with Gasteiger partial charge < -0.3 is 10.6 Å². The molecule has 140 valence electrons. The summed E-state index contributed by atoms with van der Waals surface area (Å²) in [6, 6.07) is 6.99. The van der Waals surface area contributed by atoms with E-state index in [2.05, 4.69) is 35.8 Å². The van der Waals surface area contributed by atoms with Gasteiger partial charge in [-0.2, -0.15) is 9.78 Å². The lowest BCUT2D eigenvalue weighted by molar-refractivity contribution is 0.0948. The van der Waals surface area contributed by atoms with Gasteiger partial charge >= 0.3 is 0 Å². The first-order valence-electron chi connectivity index (χ1n) is 7.72. The van der Waals surface area contributed by atoms with Crippen LogP contribution in [0, 0.1) is 0 Å². The first kappa shape index (κ1) is 18.5. The Morgan fingerprint density at radius 3 is 2.74 bits per heavy atom. The Kier molecular flexibility index (Phi) is 5.43. The van der Waals surface area contributed by atoms with E-state index in [4.69, 9.17) is 17.3 Å². The van der Waals surface area contributed by atoms with Crippen molar-refractivity contribution in [1.29, 1.82) is 0 Å². The molecular weight excluding hydrogens is 374 g/mol. The molecule has 0 saturated heterocycles. The van der Waals surface area contributed by atoms with Crippen LogP contribution >= 0.6 is 11.6 Å². The zero-order chi connectivity index (χ0) is 19.4. The van der Waals surface area contributed by atoms with Crippen molar-refractivity contribution in [2.24, 2.45) is 5.10 Å². The van der Waals surface area contributed by atoms with E-state index in [1.54, 1.807) is 24.3 Å². The summed E-state index contributed by atoms with van der Waals surface area (Å²) in [7, 11) is 3.67. The third-order valence-electron chi connectivity index (χ3n) is 3.39. The number of rotatable bonds is 6. The van der Waals surface area contributed by atoms with Gasteiger partial charge in [-0.1, -0.05) is 28.9 Å². The van der Waals surface area contributed by atoms with Crippen LogP contribution in [-0.4, -0.2) is 56.4 Å². The number of nitrogen functional groups attached to an aromatic ring is 1. The Bertz CT molecular complexity index is 962. The predicted molar refractivity (Wildman–Crippen MR) is 97.5 cm³/mol. The fraction of sp³-hybridized carbons (Fsp3) is 0.200. The number of carbonyl (C=O) groups excluding carboxylic acids is 1. The molecule has 11 nitrogen and oxygen atoms in total. The highest BCUT2D eigenvalue weighted by molar-refractivity contribution is 6.30. The largest absolute Gasteiger partial charge is 0.378 e. The van der Waals surface area contributed by atoms with E-state index in [1.165, 1.54) is 10.9 Å². The van der Waals surface area contributed by atoms with Gasteiger partial charge in [0.15, 0.2) is 5.69 Å². The average Bonchev–Trinajstić information content (AvgIpc) is 3.22. The van der Waals surface area contributed by atoms with Crippen LogP contribution in [-0.2, 0) is 6.54 Å². The van der Waals surface area contributed by atoms with E-state index in [1.807, 2.05) is 19.0 Å². The number of hydrogen-bond acceptors (Lipinski definition) is 9. The molecule has 2 heterocycles. The van der Waals surface area contributed by atoms with Crippen molar-refractivity contribution in [2.45, 2.75) is 6.54 Å². The summed E-state index contributed by atoms with van der Waals surface area (Å²) in [5.41, 5.74) is 9.45. The van der Waals surface area contributed by atoms with Gasteiger partial charge in [0.2, 0.25) is 11.6 Å². The Balaban J connectivity index is 1.82. The maximum absolute atomic E-state index is 12.5. The van der Waals surface area contributed by atoms with Crippen molar-refractivity contribution in [2.75, 3.05) is 19.8 Å². The van der Waals surface area contributed by atoms with Crippen molar-refractivity contribution in [3.8, 4) is 5.82 Å². The van der Waals surface area contributed by atoms with Gasteiger partial charge in [-0.25, -0.2) is 10.1 Å². The van der Waals surface area contributed by atoms with Crippen LogP contribution in [0.25, 0.3) is 5.82 Å². The Hall–Kier alpha value is -3.31. The number of aromatic nitrogens is 5. The SMILES string of the molecule is CN(C)Cc1c(C(=O)N/N=C/c2ccc(Cl)cc2)nnn1-c1nonc1N. The highest BCUT2D eigenvalue weighted by Crippen LogP contribution is 2.16. The summed E-state index contributed by atoms with van der Waals surface area (Å²) < 4.78 is 5.90. The summed E-state index contributed by atoms with van der Waals surface area (Å²) in [4.78, 5) is 14.3. The number of halogens is 1. The molecule has 0 fully saturated rings. The molecule has 0 saturated carbocycles. The molecule has 0 unspecified atom stereocenters. The van der Waals surface area contributed by atoms with Crippen molar-refractivity contribution in [3.05, 3.63) is 46.2 Å². The molecular formula is C15H16ClN9O2. The molecule has 0 aliphatic carbocycles. The fourth-order valence-electron chi connectivity index (χ4n) is 2.19. The number of nitrogens with two attached hydrogens (primary N) is 1. The molecule has 12 heteroatoms. The summed E-state index contributed by atoms with van der Waals surface area (Å²) in [6.45, 7) is 0.350. The van der Waals surface area contributed by atoms with Crippen LogP contribution in [0.15, 0.2) is 34.0 Å². The lowest BCUT2D eigenvalue weighted by Crippen LogP contribution is -2.23. The molecule has 0 radical (unpaired) electrons. The number of nitrogens with zero attached hydrogens (tertiary/aromatic N) is 7. The summed E-state index contributed by atoms with van der Waals surface area (Å²) in [5, 5.41) is 19.6. The normalized spacial score (nSPS) is 11.4. The quantitative estimate of drug-likeness (QED) is 0.464. The highest BCUT2D eigenvalue weighted by atomic mass is 35.5. The Labute approximate surface area is 158 Å². The van der Waals surface area contributed by atoms with Gasteiger partial charge in [0.25, 0.3) is 5.91 Å². The number of hydrazone groups is 1. The second-order valence-electron chi connectivity index (χ2n) is 5.76. The smallest absolute Gasteiger partial charge is 0.293 e. The number of anilines is 1. The maximum atomic E-state index is 12.5. The zero-order valence-corrected chi connectivity index (χ0v) is 15.3. The van der Waals surface area contributed by atoms with Crippen molar-refractivity contribution >= 4 is 29.5 Å². The lowest BCUT2D eigenvalue weighted by atomic mass is 10.2.